The molecule has 1 fully saturated rings. The lowest BCUT2D eigenvalue weighted by Crippen LogP contribution is -2.59. The van der Waals surface area contributed by atoms with E-state index in [0.29, 0.717) is 29.3 Å². The molecule has 2 aromatic heterocycles. The Labute approximate surface area is 217 Å². The number of carboxylic acid groups (broad SMARTS) is 1. The minimum absolute atomic E-state index is 0.00489. The molecule has 9 nitrogen and oxygen atoms in total. The number of carbonyl (C=O) groups is 1. The standard InChI is InChI=1S/C24H26ClFN6O3S/c1-12(2)19-20(17(36-5)6-7-27-19)32-18(11-33)28-22(15-8-16(26)21(25)29-23(15)32)30-9-14(4)31(24(34)35)10-13(30)3/h6-8,12-14H,9-10H2,1-5H3,(H,34,35)/t13-,14+/m0/s1. The second-order valence-corrected chi connectivity index (χ2v) is 10.2. The fourth-order valence-corrected chi connectivity index (χ4v) is 5.27. The number of aliphatic imine (C=N–C) groups is 1. The Balaban J connectivity index is 1.94. The van der Waals surface area contributed by atoms with E-state index in [-0.39, 0.29) is 41.3 Å². The van der Waals surface area contributed by atoms with E-state index in [4.69, 9.17) is 11.6 Å². The summed E-state index contributed by atoms with van der Waals surface area (Å²) < 4.78 is 14.8. The summed E-state index contributed by atoms with van der Waals surface area (Å²) in [5.41, 5.74) is 1.65. The SMILES string of the molecule is CSc1ccnc(C(C)C)c1N1C(=C=O)N=C(N2C[C@@H](C)N(C(=O)O)C[C@@H]2C)c2cc(F)c(Cl)nc21. The van der Waals surface area contributed by atoms with Crippen LogP contribution in [-0.4, -0.2) is 74.2 Å². The van der Waals surface area contributed by atoms with Crippen LogP contribution in [0.1, 0.15) is 44.9 Å². The van der Waals surface area contributed by atoms with Crippen molar-refractivity contribution in [1.82, 2.24) is 19.8 Å². The number of carbonyl (C=O) groups excluding carboxylic acids is 1. The quantitative estimate of drug-likeness (QED) is 0.343. The molecule has 4 heterocycles. The van der Waals surface area contributed by atoms with Crippen molar-refractivity contribution in [2.45, 2.75) is 50.6 Å². The zero-order chi connectivity index (χ0) is 26.3. The van der Waals surface area contributed by atoms with Gasteiger partial charge in [-0.3, -0.25) is 9.88 Å². The molecule has 0 aromatic carbocycles. The van der Waals surface area contributed by atoms with Crippen LogP contribution in [0.15, 0.2) is 34.0 Å². The lowest BCUT2D eigenvalue weighted by Gasteiger charge is -2.45. The van der Waals surface area contributed by atoms with Gasteiger partial charge in [0.05, 0.1) is 16.9 Å². The van der Waals surface area contributed by atoms with Crippen LogP contribution in [0, 0.1) is 5.82 Å². The third-order valence-corrected chi connectivity index (χ3v) is 7.32. The van der Waals surface area contributed by atoms with Crippen molar-refractivity contribution in [3.05, 3.63) is 46.4 Å². The number of anilines is 2. The molecule has 0 spiro atoms. The minimum atomic E-state index is -1.01. The van der Waals surface area contributed by atoms with Gasteiger partial charge in [0.15, 0.2) is 22.7 Å². The molecule has 12 heteroatoms. The van der Waals surface area contributed by atoms with Crippen LogP contribution in [0.25, 0.3) is 0 Å². The molecule has 36 heavy (non-hydrogen) atoms. The molecule has 190 valence electrons. The maximum atomic E-state index is 14.8. The van der Waals surface area contributed by atoms with Crippen LogP contribution < -0.4 is 4.90 Å². The van der Waals surface area contributed by atoms with Gasteiger partial charge in [0.25, 0.3) is 0 Å². The molecule has 4 rings (SSSR count). The number of piperazine rings is 1. The Hall–Kier alpha value is -3.14. The fourth-order valence-electron chi connectivity index (χ4n) is 4.55. The Morgan fingerprint density at radius 1 is 1.31 bits per heavy atom. The summed E-state index contributed by atoms with van der Waals surface area (Å²) in [6.07, 6.45) is 2.59. The van der Waals surface area contributed by atoms with Crippen LogP contribution >= 0.6 is 23.4 Å². The second-order valence-electron chi connectivity index (χ2n) is 9.02. The molecule has 2 atom stereocenters. The van der Waals surface area contributed by atoms with Crippen molar-refractivity contribution in [2.24, 2.45) is 4.99 Å². The smallest absolute Gasteiger partial charge is 0.407 e. The minimum Gasteiger partial charge on any atom is -0.465 e. The van der Waals surface area contributed by atoms with Gasteiger partial charge in [0, 0.05) is 36.3 Å². The number of thioether (sulfide) groups is 1. The van der Waals surface area contributed by atoms with Gasteiger partial charge in [-0.1, -0.05) is 25.4 Å². The number of nitrogens with zero attached hydrogens (tertiary/aromatic N) is 6. The summed E-state index contributed by atoms with van der Waals surface area (Å²) in [5.74, 6) is 1.67. The van der Waals surface area contributed by atoms with E-state index in [9.17, 15) is 19.1 Å². The van der Waals surface area contributed by atoms with Crippen LogP contribution in [0.4, 0.5) is 20.7 Å². The third-order valence-electron chi connectivity index (χ3n) is 6.29. The largest absolute Gasteiger partial charge is 0.465 e. The summed E-state index contributed by atoms with van der Waals surface area (Å²) >= 11 is 7.61. The van der Waals surface area contributed by atoms with Gasteiger partial charge in [0.2, 0.25) is 5.82 Å². The van der Waals surface area contributed by atoms with Gasteiger partial charge in [-0.2, -0.15) is 0 Å². The molecular weight excluding hydrogens is 507 g/mol. The molecule has 0 saturated carbocycles. The van der Waals surface area contributed by atoms with Gasteiger partial charge >= 0.3 is 6.09 Å². The van der Waals surface area contributed by atoms with E-state index < -0.39 is 11.9 Å². The molecule has 0 unspecified atom stereocenters. The van der Waals surface area contributed by atoms with E-state index in [1.807, 2.05) is 43.9 Å². The Morgan fingerprint density at radius 2 is 2.03 bits per heavy atom. The highest BCUT2D eigenvalue weighted by molar-refractivity contribution is 7.98. The number of amides is 1. The van der Waals surface area contributed by atoms with E-state index in [1.54, 1.807) is 13.1 Å². The summed E-state index contributed by atoms with van der Waals surface area (Å²) in [7, 11) is 0. The number of hydrogen-bond donors (Lipinski definition) is 1. The van der Waals surface area contributed by atoms with Crippen molar-refractivity contribution in [1.29, 1.82) is 0 Å². The van der Waals surface area contributed by atoms with Gasteiger partial charge in [-0.05, 0) is 38.2 Å². The molecule has 1 saturated heterocycles. The molecule has 1 amide bonds. The fraction of sp³-hybridized carbons (Fsp3) is 0.417. The Morgan fingerprint density at radius 3 is 2.64 bits per heavy atom. The lowest BCUT2D eigenvalue weighted by molar-refractivity contribution is 0.0750. The molecular formula is C24H26ClFN6O3S. The van der Waals surface area contributed by atoms with E-state index in [0.717, 1.165) is 4.90 Å². The number of fused-ring (bicyclic) bond motifs is 1. The topological polar surface area (TPSA) is 102 Å². The van der Waals surface area contributed by atoms with E-state index >= 15 is 0 Å². The molecule has 0 radical (unpaired) electrons. The Kier molecular flexibility index (Phi) is 7.26. The molecule has 0 bridgehead atoms. The molecule has 2 aliphatic heterocycles. The van der Waals surface area contributed by atoms with E-state index in [1.165, 1.54) is 27.6 Å². The first-order valence-electron chi connectivity index (χ1n) is 11.4. The highest BCUT2D eigenvalue weighted by atomic mass is 35.5. The number of rotatable bonds is 3. The van der Waals surface area contributed by atoms with Crippen LogP contribution in [0.3, 0.4) is 0 Å². The Bertz CT molecular complexity index is 1300. The average Bonchev–Trinajstić information content (AvgIpc) is 2.84. The van der Waals surface area contributed by atoms with Gasteiger partial charge in [0.1, 0.15) is 5.84 Å². The average molecular weight is 533 g/mol. The number of hydrogen-bond acceptors (Lipinski definition) is 8. The monoisotopic (exact) mass is 532 g/mol. The second kappa shape index (κ2) is 10.1. The van der Waals surface area contributed by atoms with Crippen molar-refractivity contribution in [3.8, 4) is 0 Å². The first-order valence-corrected chi connectivity index (χ1v) is 13.0. The maximum Gasteiger partial charge on any atom is 0.407 e. The summed E-state index contributed by atoms with van der Waals surface area (Å²) in [6, 6.07) is 2.43. The van der Waals surface area contributed by atoms with Crippen LogP contribution in [0.2, 0.25) is 5.15 Å². The highest BCUT2D eigenvalue weighted by Crippen LogP contribution is 2.44. The predicted molar refractivity (Wildman–Crippen MR) is 138 cm³/mol. The van der Waals surface area contributed by atoms with Crippen LogP contribution in [-0.2, 0) is 4.79 Å². The normalized spacial score (nSPS) is 19.8. The van der Waals surface area contributed by atoms with Crippen LogP contribution in [0.5, 0.6) is 0 Å². The number of aromatic nitrogens is 2. The highest BCUT2D eigenvalue weighted by Gasteiger charge is 2.39. The molecule has 2 aromatic rings. The molecule has 1 N–H and O–H groups in total. The van der Waals surface area contributed by atoms with Gasteiger partial charge in [-0.15, -0.1) is 11.8 Å². The van der Waals surface area contributed by atoms with Crippen molar-refractivity contribution < 1.29 is 19.1 Å². The van der Waals surface area contributed by atoms with E-state index in [2.05, 4.69) is 15.0 Å². The number of amidine groups is 1. The zero-order valence-electron chi connectivity index (χ0n) is 20.5. The summed E-state index contributed by atoms with van der Waals surface area (Å²) in [4.78, 5) is 43.1. The summed E-state index contributed by atoms with van der Waals surface area (Å²) in [6.45, 7) is 8.11. The zero-order valence-corrected chi connectivity index (χ0v) is 22.1. The first kappa shape index (κ1) is 25.9. The predicted octanol–water partition coefficient (Wildman–Crippen LogP) is 4.76. The lowest BCUT2D eigenvalue weighted by atomic mass is 10.0. The third kappa shape index (κ3) is 4.42. The molecule has 0 aliphatic carbocycles. The maximum absolute atomic E-state index is 14.8. The van der Waals surface area contributed by atoms with Crippen molar-refractivity contribution >= 4 is 52.7 Å². The van der Waals surface area contributed by atoms with Gasteiger partial charge in [-0.25, -0.2) is 24.0 Å². The van der Waals surface area contributed by atoms with Gasteiger partial charge < -0.3 is 14.9 Å². The first-order chi connectivity index (χ1) is 17.1. The number of pyridine rings is 2. The van der Waals surface area contributed by atoms with Crippen molar-refractivity contribution in [3.63, 3.8) is 0 Å². The number of halogens is 2. The molecule has 2 aliphatic rings. The van der Waals surface area contributed by atoms with Crippen molar-refractivity contribution in [2.75, 3.05) is 24.2 Å². The summed E-state index contributed by atoms with van der Waals surface area (Å²) in [5, 5.41) is 9.20.